The number of amides is 1. The molecule has 1 unspecified atom stereocenters. The number of hydrogen-bond acceptors (Lipinski definition) is 6. The zero-order valence-electron chi connectivity index (χ0n) is 19.9. The quantitative estimate of drug-likeness (QED) is 0.362. The van der Waals surface area contributed by atoms with Gasteiger partial charge in [0, 0.05) is 37.3 Å². The van der Waals surface area contributed by atoms with Crippen LogP contribution in [-0.2, 0) is 9.53 Å². The van der Waals surface area contributed by atoms with Crippen molar-refractivity contribution in [3.63, 3.8) is 0 Å². The molecule has 0 spiro atoms. The fourth-order valence-corrected chi connectivity index (χ4v) is 4.67. The molecule has 4 rings (SSSR count). The van der Waals surface area contributed by atoms with Crippen LogP contribution in [-0.4, -0.2) is 81.8 Å². The summed E-state index contributed by atoms with van der Waals surface area (Å²) >= 11 is 12.1. The Morgan fingerprint density at radius 3 is 2.29 bits per heavy atom. The first-order valence-electron chi connectivity index (χ1n) is 11.8. The first-order chi connectivity index (χ1) is 17.9. The first-order valence-corrected chi connectivity index (χ1v) is 12.6. The van der Waals surface area contributed by atoms with E-state index in [0.29, 0.717) is 19.2 Å². The number of carbonyl (C=O) groups excluding carboxylic acids is 1. The molecule has 1 aromatic heterocycles. The van der Waals surface area contributed by atoms with E-state index in [1.54, 1.807) is 30.6 Å². The van der Waals surface area contributed by atoms with Gasteiger partial charge in [-0.3, -0.25) is 4.79 Å². The van der Waals surface area contributed by atoms with E-state index < -0.39 is 17.9 Å². The van der Waals surface area contributed by atoms with E-state index in [4.69, 9.17) is 27.9 Å². The number of nitrogens with one attached hydrogen (secondary N) is 1. The second kappa shape index (κ2) is 14.6. The van der Waals surface area contributed by atoms with E-state index in [0.717, 1.165) is 24.1 Å². The van der Waals surface area contributed by atoms with Gasteiger partial charge in [0.15, 0.2) is 0 Å². The predicted octanol–water partition coefficient (Wildman–Crippen LogP) is 4.74. The summed E-state index contributed by atoms with van der Waals surface area (Å²) in [5.74, 6) is -1.17. The number of nitrogens with zero attached hydrogens (tertiary/aromatic N) is 3. The molecule has 0 saturated carbocycles. The molecule has 2 heterocycles. The average molecular weight is 565 g/mol. The molecule has 1 amide bonds. The molecule has 2 N–H and O–H groups in total. The number of halogens is 2. The van der Waals surface area contributed by atoms with Crippen molar-refractivity contribution < 1.29 is 19.4 Å². The van der Waals surface area contributed by atoms with Crippen molar-refractivity contribution in [3.8, 4) is 0 Å². The molecule has 1 atom stereocenters. The van der Waals surface area contributed by atoms with Gasteiger partial charge in [0.1, 0.15) is 6.04 Å². The van der Waals surface area contributed by atoms with Gasteiger partial charge in [0.25, 0.3) is 5.91 Å². The summed E-state index contributed by atoms with van der Waals surface area (Å²) in [5, 5.41) is 12.4. The monoisotopic (exact) mass is 564 g/mol. The second-order valence-electron chi connectivity index (χ2n) is 8.45. The number of carboxylic acid groups (broad SMARTS) is 1. The predicted molar refractivity (Wildman–Crippen MR) is 151 cm³/mol. The number of aromatic nitrogens is 2. The van der Waals surface area contributed by atoms with Gasteiger partial charge in [-0.15, -0.1) is 0 Å². The van der Waals surface area contributed by atoms with Crippen molar-refractivity contribution in [2.75, 3.05) is 18.1 Å². The van der Waals surface area contributed by atoms with Crippen LogP contribution >= 0.6 is 23.2 Å². The minimum atomic E-state index is -1.16. The summed E-state index contributed by atoms with van der Waals surface area (Å²) in [6.07, 6.45) is 8.80. The van der Waals surface area contributed by atoms with Gasteiger partial charge in [0.05, 0.1) is 15.6 Å². The summed E-state index contributed by atoms with van der Waals surface area (Å²) in [4.78, 5) is 35.4. The molecule has 1 aliphatic heterocycles. The van der Waals surface area contributed by atoms with Crippen molar-refractivity contribution in [3.05, 3.63) is 88.2 Å². The second-order valence-corrected chi connectivity index (χ2v) is 9.27. The third kappa shape index (κ3) is 7.79. The van der Waals surface area contributed by atoms with E-state index in [-0.39, 0.29) is 57.6 Å². The van der Waals surface area contributed by atoms with E-state index >= 15 is 0 Å². The molecule has 3 aromatic rings. The number of rotatable bonds is 9. The van der Waals surface area contributed by atoms with E-state index in [1.807, 2.05) is 30.3 Å². The standard InChI is InChI=1S/C27H26Cl2N4O4.Na.H/c28-21-5-2-6-22(29)24(21)25(34)32-23(26(35)36)7-1-4-18-8-10-19(11-9-18)33(20-12-16-37-17-13-20)27-30-14-3-15-31-27;;/h1-6,8-11,14-15,20,23H,7,12-13,16-17H2,(H,32,34)(H,35,36);;. The zero-order valence-corrected chi connectivity index (χ0v) is 21.4. The van der Waals surface area contributed by atoms with Crippen LogP contribution in [0.3, 0.4) is 0 Å². The van der Waals surface area contributed by atoms with Gasteiger partial charge < -0.3 is 20.1 Å². The topological polar surface area (TPSA) is 105 Å². The zero-order chi connectivity index (χ0) is 26.2. The number of aliphatic carboxylic acids is 1. The van der Waals surface area contributed by atoms with Crippen molar-refractivity contribution in [2.24, 2.45) is 0 Å². The maximum absolute atomic E-state index is 12.6. The number of carboxylic acids is 1. The number of benzene rings is 2. The Balaban J connectivity index is 0.00000400. The number of ether oxygens (including phenoxy) is 1. The summed E-state index contributed by atoms with van der Waals surface area (Å²) in [6.45, 7) is 1.39. The average Bonchev–Trinajstić information content (AvgIpc) is 2.90. The Hall–Kier alpha value is -2.46. The van der Waals surface area contributed by atoms with Crippen LogP contribution in [0.25, 0.3) is 6.08 Å². The van der Waals surface area contributed by atoms with Crippen LogP contribution in [0.2, 0.25) is 10.0 Å². The molecule has 38 heavy (non-hydrogen) atoms. The number of hydrogen-bond donors (Lipinski definition) is 2. The Morgan fingerprint density at radius 2 is 1.68 bits per heavy atom. The van der Waals surface area contributed by atoms with Gasteiger partial charge >= 0.3 is 35.5 Å². The molecule has 0 aliphatic carbocycles. The van der Waals surface area contributed by atoms with Crippen LogP contribution in [0.15, 0.2) is 67.0 Å². The number of carbonyl (C=O) groups is 2. The molecule has 1 aliphatic rings. The van der Waals surface area contributed by atoms with E-state index in [9.17, 15) is 14.7 Å². The van der Waals surface area contributed by atoms with Gasteiger partial charge in [-0.1, -0.05) is 53.6 Å². The first kappa shape index (κ1) is 30.1. The van der Waals surface area contributed by atoms with Crippen LogP contribution in [0, 0.1) is 0 Å². The van der Waals surface area contributed by atoms with Gasteiger partial charge in [-0.2, -0.15) is 0 Å². The number of anilines is 2. The molecule has 2 aromatic carbocycles. The van der Waals surface area contributed by atoms with Crippen molar-refractivity contribution in [1.29, 1.82) is 0 Å². The fraction of sp³-hybridized carbons (Fsp3) is 0.259. The molecule has 194 valence electrons. The summed E-state index contributed by atoms with van der Waals surface area (Å²) < 4.78 is 5.52. The van der Waals surface area contributed by atoms with Crippen LogP contribution in [0.5, 0.6) is 0 Å². The molecule has 1 saturated heterocycles. The molecule has 8 nitrogen and oxygen atoms in total. The van der Waals surface area contributed by atoms with Gasteiger partial charge in [-0.25, -0.2) is 14.8 Å². The molecular weight excluding hydrogens is 538 g/mol. The van der Waals surface area contributed by atoms with Crippen LogP contribution in [0.4, 0.5) is 11.6 Å². The van der Waals surface area contributed by atoms with Crippen LogP contribution in [0.1, 0.15) is 35.2 Å². The molecule has 0 radical (unpaired) electrons. The fourth-order valence-electron chi connectivity index (χ4n) is 4.10. The SMILES string of the molecule is O=C(NC(CC=Cc1ccc(N(c2ncccn2)C2CCOCC2)cc1)C(=O)O)c1c(Cl)cccc1Cl.[NaH]. The molecule has 1 fully saturated rings. The maximum atomic E-state index is 12.6. The summed E-state index contributed by atoms with van der Waals surface area (Å²) in [6, 6.07) is 13.4. The summed E-state index contributed by atoms with van der Waals surface area (Å²) in [5.41, 5.74) is 1.89. The van der Waals surface area contributed by atoms with E-state index in [2.05, 4.69) is 20.2 Å². The Labute approximate surface area is 253 Å². The van der Waals surface area contributed by atoms with Crippen molar-refractivity contribution in [1.82, 2.24) is 15.3 Å². The van der Waals surface area contributed by atoms with Gasteiger partial charge in [-0.05, 0) is 55.2 Å². The normalized spacial score (nSPS) is 14.5. The molecule has 0 bridgehead atoms. The third-order valence-corrected chi connectivity index (χ3v) is 6.60. The third-order valence-electron chi connectivity index (χ3n) is 5.97. The van der Waals surface area contributed by atoms with Gasteiger partial charge in [0.2, 0.25) is 5.95 Å². The Bertz CT molecular complexity index is 1240. The van der Waals surface area contributed by atoms with Crippen LogP contribution < -0.4 is 10.2 Å². The summed E-state index contributed by atoms with van der Waals surface area (Å²) in [7, 11) is 0. The molecule has 11 heteroatoms. The minimum absolute atomic E-state index is 0. The Morgan fingerprint density at radius 1 is 1.05 bits per heavy atom. The van der Waals surface area contributed by atoms with E-state index in [1.165, 1.54) is 12.1 Å². The molecular formula is C27H27Cl2N4NaO4. The Kier molecular flexibility index (Phi) is 11.6. The van der Waals surface area contributed by atoms with Crippen molar-refractivity contribution in [2.45, 2.75) is 31.3 Å². The van der Waals surface area contributed by atoms with Crippen molar-refractivity contribution >= 4 is 82.3 Å².